The average Bonchev–Trinajstić information content (AvgIpc) is 2.37. The maximum Gasteiger partial charge on any atom is 0.282 e. The van der Waals surface area contributed by atoms with Crippen molar-refractivity contribution < 1.29 is 0 Å². The van der Waals surface area contributed by atoms with E-state index in [1.165, 1.54) is 4.68 Å². The van der Waals surface area contributed by atoms with Crippen molar-refractivity contribution in [3.63, 3.8) is 0 Å². The van der Waals surface area contributed by atoms with E-state index in [2.05, 4.69) is 32.9 Å². The van der Waals surface area contributed by atoms with Crippen molar-refractivity contribution in [2.24, 2.45) is 18.7 Å². The summed E-state index contributed by atoms with van der Waals surface area (Å²) in [5, 5.41) is 4.09. The van der Waals surface area contributed by atoms with Crippen LogP contribution in [0, 0.1) is 5.92 Å². The van der Waals surface area contributed by atoms with E-state index >= 15 is 0 Å². The highest BCUT2D eigenvalue weighted by Gasteiger charge is 2.27. The highest BCUT2D eigenvalue weighted by molar-refractivity contribution is 9.10. The first kappa shape index (κ1) is 13.5. The van der Waals surface area contributed by atoms with Crippen molar-refractivity contribution in [1.29, 1.82) is 0 Å². The Kier molecular flexibility index (Phi) is 4.07. The van der Waals surface area contributed by atoms with E-state index in [0.717, 1.165) is 25.1 Å². The van der Waals surface area contributed by atoms with Crippen LogP contribution in [0.1, 0.15) is 19.8 Å². The Labute approximate surface area is 115 Å². The fourth-order valence-corrected chi connectivity index (χ4v) is 3.08. The predicted octanol–water partition coefficient (Wildman–Crippen LogP) is 1.11. The molecule has 0 saturated carbocycles. The highest BCUT2D eigenvalue weighted by Crippen LogP contribution is 2.30. The van der Waals surface area contributed by atoms with Crippen molar-refractivity contribution >= 4 is 21.6 Å². The van der Waals surface area contributed by atoms with Gasteiger partial charge in [0.1, 0.15) is 4.47 Å². The summed E-state index contributed by atoms with van der Waals surface area (Å²) in [5.74, 6) is 0.688. The molecule has 2 rings (SSSR count). The molecule has 0 aromatic carbocycles. The number of hydrogen-bond acceptors (Lipinski definition) is 4. The third-order valence-corrected chi connectivity index (χ3v) is 4.36. The van der Waals surface area contributed by atoms with Crippen LogP contribution in [0.3, 0.4) is 0 Å². The molecule has 2 heterocycles. The van der Waals surface area contributed by atoms with Gasteiger partial charge in [-0.15, -0.1) is 0 Å². The summed E-state index contributed by atoms with van der Waals surface area (Å²) in [5.41, 5.74) is 6.60. The van der Waals surface area contributed by atoms with Crippen LogP contribution < -0.4 is 16.2 Å². The second-order valence-electron chi connectivity index (χ2n) is 4.99. The third kappa shape index (κ3) is 2.44. The van der Waals surface area contributed by atoms with Crippen molar-refractivity contribution in [2.45, 2.75) is 25.8 Å². The Morgan fingerprint density at radius 3 is 3.00 bits per heavy atom. The topological polar surface area (TPSA) is 64.2 Å². The first-order valence-electron chi connectivity index (χ1n) is 6.23. The minimum absolute atomic E-state index is 0.109. The largest absolute Gasteiger partial charge is 0.365 e. The zero-order valence-electron chi connectivity index (χ0n) is 10.8. The molecule has 1 aromatic heterocycles. The molecule has 1 aliphatic heterocycles. The van der Waals surface area contributed by atoms with Crippen LogP contribution >= 0.6 is 15.9 Å². The molecule has 0 radical (unpaired) electrons. The second kappa shape index (κ2) is 5.40. The van der Waals surface area contributed by atoms with Gasteiger partial charge in [-0.1, -0.05) is 6.92 Å². The van der Waals surface area contributed by atoms with E-state index < -0.39 is 0 Å². The van der Waals surface area contributed by atoms with Crippen molar-refractivity contribution in [2.75, 3.05) is 18.0 Å². The van der Waals surface area contributed by atoms with Crippen LogP contribution in [0.15, 0.2) is 15.5 Å². The van der Waals surface area contributed by atoms with Crippen molar-refractivity contribution in [1.82, 2.24) is 9.78 Å². The molecule has 100 valence electrons. The Morgan fingerprint density at radius 2 is 2.33 bits per heavy atom. The molecule has 18 heavy (non-hydrogen) atoms. The van der Waals surface area contributed by atoms with Gasteiger partial charge in [0.25, 0.3) is 5.56 Å². The van der Waals surface area contributed by atoms with Gasteiger partial charge in [0.15, 0.2) is 0 Å². The second-order valence-corrected chi connectivity index (χ2v) is 5.78. The highest BCUT2D eigenvalue weighted by atomic mass is 79.9. The van der Waals surface area contributed by atoms with Crippen molar-refractivity contribution in [3.8, 4) is 0 Å². The molecular formula is C12H19BrN4O. The van der Waals surface area contributed by atoms with Gasteiger partial charge in [0.05, 0.1) is 11.9 Å². The summed E-state index contributed by atoms with van der Waals surface area (Å²) in [7, 11) is 1.65. The lowest BCUT2D eigenvalue weighted by Crippen LogP contribution is -2.47. The van der Waals surface area contributed by atoms with Gasteiger partial charge < -0.3 is 10.6 Å². The molecule has 2 N–H and O–H groups in total. The number of aryl methyl sites for hydroxylation is 1. The molecule has 1 aliphatic rings. The lowest BCUT2D eigenvalue weighted by atomic mass is 9.92. The smallest absolute Gasteiger partial charge is 0.282 e. The molecular weight excluding hydrogens is 296 g/mol. The molecule has 2 unspecified atom stereocenters. The number of nitrogens with two attached hydrogens (primary N) is 1. The molecule has 5 nitrogen and oxygen atoms in total. The summed E-state index contributed by atoms with van der Waals surface area (Å²) in [6, 6.07) is 0.291. The first-order valence-corrected chi connectivity index (χ1v) is 7.02. The molecule has 0 aliphatic carbocycles. The van der Waals surface area contributed by atoms with Crippen molar-refractivity contribution in [3.05, 3.63) is 21.0 Å². The number of anilines is 1. The Hall–Kier alpha value is -0.880. The third-order valence-electron chi connectivity index (χ3n) is 3.62. The summed E-state index contributed by atoms with van der Waals surface area (Å²) in [4.78, 5) is 14.1. The Morgan fingerprint density at radius 1 is 1.61 bits per heavy atom. The number of rotatable bonds is 2. The fourth-order valence-electron chi connectivity index (χ4n) is 2.49. The Bertz CT molecular complexity index is 487. The maximum absolute atomic E-state index is 11.9. The van der Waals surface area contributed by atoms with Gasteiger partial charge in [-0.2, -0.15) is 5.10 Å². The first-order chi connectivity index (χ1) is 8.54. The number of piperidine rings is 1. The number of aromatic nitrogens is 2. The zero-order chi connectivity index (χ0) is 13.3. The van der Waals surface area contributed by atoms with Gasteiger partial charge in [0.2, 0.25) is 0 Å². The number of halogens is 1. The SMILES string of the molecule is CC1CCN(c2cnn(C)c(=O)c2Br)C(CN)C1. The van der Waals surface area contributed by atoms with Crippen LogP contribution in [0.5, 0.6) is 0 Å². The van der Waals surface area contributed by atoms with Gasteiger partial charge in [-0.05, 0) is 34.7 Å². The monoisotopic (exact) mass is 314 g/mol. The van der Waals surface area contributed by atoms with Crippen LogP contribution in [-0.4, -0.2) is 28.9 Å². The molecule has 0 amide bonds. The van der Waals surface area contributed by atoms with Crippen LogP contribution in [0.25, 0.3) is 0 Å². The van der Waals surface area contributed by atoms with E-state index in [9.17, 15) is 4.79 Å². The number of hydrogen-bond donors (Lipinski definition) is 1. The van der Waals surface area contributed by atoms with Crippen LogP contribution in [0.4, 0.5) is 5.69 Å². The molecule has 1 aromatic rings. The predicted molar refractivity (Wildman–Crippen MR) is 75.8 cm³/mol. The summed E-state index contributed by atoms with van der Waals surface area (Å²) in [6.45, 7) is 3.78. The van der Waals surface area contributed by atoms with E-state index in [4.69, 9.17) is 5.73 Å². The molecule has 0 bridgehead atoms. The maximum atomic E-state index is 11.9. The minimum atomic E-state index is -0.109. The molecule has 1 fully saturated rings. The molecule has 2 atom stereocenters. The fraction of sp³-hybridized carbons (Fsp3) is 0.667. The molecule has 1 saturated heterocycles. The lowest BCUT2D eigenvalue weighted by Gasteiger charge is -2.39. The van der Waals surface area contributed by atoms with Crippen LogP contribution in [0.2, 0.25) is 0 Å². The van der Waals surface area contributed by atoms with E-state index in [-0.39, 0.29) is 5.56 Å². The summed E-state index contributed by atoms with van der Waals surface area (Å²) >= 11 is 3.38. The molecule has 6 heteroatoms. The summed E-state index contributed by atoms with van der Waals surface area (Å²) in [6.07, 6.45) is 3.93. The normalized spacial score (nSPS) is 24.3. The van der Waals surface area contributed by atoms with Gasteiger partial charge >= 0.3 is 0 Å². The van der Waals surface area contributed by atoms with E-state index in [1.54, 1.807) is 13.2 Å². The zero-order valence-corrected chi connectivity index (χ0v) is 12.4. The van der Waals surface area contributed by atoms with E-state index in [1.807, 2.05) is 0 Å². The summed E-state index contributed by atoms with van der Waals surface area (Å²) < 4.78 is 1.91. The Balaban J connectivity index is 2.36. The van der Waals surface area contributed by atoms with Gasteiger partial charge in [-0.25, -0.2) is 4.68 Å². The lowest BCUT2D eigenvalue weighted by molar-refractivity contribution is 0.366. The van der Waals surface area contributed by atoms with Gasteiger partial charge in [0, 0.05) is 26.2 Å². The van der Waals surface area contributed by atoms with E-state index in [0.29, 0.717) is 23.0 Å². The number of nitrogens with zero attached hydrogens (tertiary/aromatic N) is 3. The standard InChI is InChI=1S/C12H19BrN4O/c1-8-3-4-17(9(5-8)6-14)10-7-15-16(2)12(18)11(10)13/h7-9H,3-6,14H2,1-2H3. The van der Waals surface area contributed by atoms with Crippen LogP contribution in [-0.2, 0) is 7.05 Å². The minimum Gasteiger partial charge on any atom is -0.365 e. The average molecular weight is 315 g/mol. The van der Waals surface area contributed by atoms with Gasteiger partial charge in [-0.3, -0.25) is 4.79 Å². The quantitative estimate of drug-likeness (QED) is 0.888. The molecule has 0 spiro atoms.